The first-order valence-corrected chi connectivity index (χ1v) is 12.6. The summed E-state index contributed by atoms with van der Waals surface area (Å²) in [6.07, 6.45) is -3.53. The molecule has 224 valence electrons. The number of ether oxygens (including phenoxy) is 2. The Bertz CT molecular complexity index is 1080. The largest absolute Gasteiger partial charge is 0.465 e. The van der Waals surface area contributed by atoms with Crippen molar-refractivity contribution in [3.05, 3.63) is 11.8 Å². The summed E-state index contributed by atoms with van der Waals surface area (Å²) in [6.45, 7) is 11.5. The molecule has 4 amide bonds. The van der Waals surface area contributed by atoms with Crippen LogP contribution in [-0.2, 0) is 16.0 Å². The highest BCUT2D eigenvalue weighted by Gasteiger charge is 2.26. The number of anilines is 1. The Morgan fingerprint density at radius 1 is 1.05 bits per heavy atom. The van der Waals surface area contributed by atoms with Crippen molar-refractivity contribution in [3.63, 3.8) is 0 Å². The number of alkyl carbamates (subject to hydrolysis) is 1. The molecule has 0 saturated heterocycles. The van der Waals surface area contributed by atoms with Gasteiger partial charge in [-0.05, 0) is 48.0 Å². The van der Waals surface area contributed by atoms with Crippen LogP contribution in [-0.4, -0.2) is 87.5 Å². The van der Waals surface area contributed by atoms with E-state index in [2.05, 4.69) is 31.4 Å². The minimum absolute atomic E-state index is 0.0325. The van der Waals surface area contributed by atoms with E-state index in [-0.39, 0.29) is 19.0 Å². The van der Waals surface area contributed by atoms with E-state index in [1.54, 1.807) is 52.4 Å². The monoisotopic (exact) mass is 569 g/mol. The molecular formula is C23H39N9O8. The average Bonchev–Trinajstić information content (AvgIpc) is 3.19. The molecule has 2 heterocycles. The number of aliphatic imine (C=N–C) groups is 1. The predicted octanol–water partition coefficient (Wildman–Crippen LogP) is 1.60. The van der Waals surface area contributed by atoms with E-state index < -0.39 is 47.8 Å². The third-order valence-electron chi connectivity index (χ3n) is 4.98. The second-order valence-corrected chi connectivity index (χ2v) is 10.8. The first-order valence-electron chi connectivity index (χ1n) is 12.6. The van der Waals surface area contributed by atoms with Gasteiger partial charge in [0.2, 0.25) is 5.96 Å². The summed E-state index contributed by atoms with van der Waals surface area (Å²) in [5.41, 5.74) is -0.936. The fourth-order valence-corrected chi connectivity index (χ4v) is 3.54. The molecule has 1 unspecified atom stereocenters. The van der Waals surface area contributed by atoms with Crippen molar-refractivity contribution in [3.8, 4) is 0 Å². The minimum atomic E-state index is -1.45. The number of nitrogens with one attached hydrogen (secondary N) is 6. The van der Waals surface area contributed by atoms with Gasteiger partial charge in [-0.15, -0.1) is 4.99 Å². The third-order valence-corrected chi connectivity index (χ3v) is 4.98. The van der Waals surface area contributed by atoms with Gasteiger partial charge in [0.1, 0.15) is 17.0 Å². The van der Waals surface area contributed by atoms with Crippen LogP contribution in [0.4, 0.5) is 25.0 Å². The maximum absolute atomic E-state index is 12.5. The predicted molar refractivity (Wildman–Crippen MR) is 143 cm³/mol. The topological polar surface area (TPSA) is 230 Å². The van der Waals surface area contributed by atoms with E-state index in [1.165, 1.54) is 0 Å². The summed E-state index contributed by atoms with van der Waals surface area (Å²) in [5, 5.41) is 38.0. The number of fused-ring (bicyclic) bond motifs is 1. The lowest BCUT2D eigenvalue weighted by Gasteiger charge is -2.26. The Morgan fingerprint density at radius 2 is 1.68 bits per heavy atom. The maximum atomic E-state index is 12.5. The highest BCUT2D eigenvalue weighted by atomic mass is 16.6. The number of aromatic nitrogens is 2. The number of nitrogens with zero attached hydrogens (tertiary/aromatic N) is 3. The van der Waals surface area contributed by atoms with Crippen molar-refractivity contribution >= 4 is 36.2 Å². The van der Waals surface area contributed by atoms with Crippen LogP contribution in [0.5, 0.6) is 0 Å². The van der Waals surface area contributed by atoms with Gasteiger partial charge in [-0.1, -0.05) is 0 Å². The lowest BCUT2D eigenvalue weighted by Crippen LogP contribution is -2.57. The molecule has 1 aliphatic heterocycles. The highest BCUT2D eigenvalue weighted by molar-refractivity contribution is 5.98. The minimum Gasteiger partial charge on any atom is -0.465 e. The van der Waals surface area contributed by atoms with Crippen LogP contribution < -0.4 is 31.9 Å². The number of carbonyl (C=O) groups excluding carboxylic acids is 2. The number of carbonyl (C=O) groups is 4. The summed E-state index contributed by atoms with van der Waals surface area (Å²) in [6, 6.07) is 0. The Labute approximate surface area is 231 Å². The second kappa shape index (κ2) is 13.7. The molecular weight excluding hydrogens is 530 g/mol. The van der Waals surface area contributed by atoms with Crippen molar-refractivity contribution in [2.45, 2.75) is 77.9 Å². The standard InChI is InChI=1S/C23H39N9O8/c1-22(2,3)39-20(37)30-17(31-21(38)40-23(4,5)6)26-11-13(10-25-16(28-18(33)34)29-19(35)36)14-12-27-32-9-7-8-24-15(14)32/h12-13,16,24-25,28-29H,7-11H2,1-6H3,(H,33,34)(H,35,36)(H2,26,30,31,37,38). The molecule has 17 heteroatoms. The van der Waals surface area contributed by atoms with Crippen LogP contribution in [0.3, 0.4) is 0 Å². The van der Waals surface area contributed by atoms with Crippen LogP contribution in [0.1, 0.15) is 59.4 Å². The van der Waals surface area contributed by atoms with E-state index in [4.69, 9.17) is 19.7 Å². The number of amides is 4. The molecule has 0 bridgehead atoms. The van der Waals surface area contributed by atoms with Crippen molar-refractivity contribution < 1.29 is 38.9 Å². The molecule has 1 aromatic rings. The molecule has 8 N–H and O–H groups in total. The zero-order chi connectivity index (χ0) is 30.1. The summed E-state index contributed by atoms with van der Waals surface area (Å²) >= 11 is 0. The number of carboxylic acid groups (broad SMARTS) is 2. The van der Waals surface area contributed by atoms with Gasteiger partial charge >= 0.3 is 24.4 Å². The third kappa shape index (κ3) is 11.6. The van der Waals surface area contributed by atoms with Gasteiger partial charge in [-0.2, -0.15) is 5.10 Å². The maximum Gasteiger partial charge on any atom is 0.437 e. The Hall–Kier alpha value is -4.28. The summed E-state index contributed by atoms with van der Waals surface area (Å²) in [4.78, 5) is 51.0. The van der Waals surface area contributed by atoms with Crippen molar-refractivity contribution in [1.82, 2.24) is 36.4 Å². The molecule has 0 radical (unpaired) electrons. The molecule has 1 atom stereocenters. The van der Waals surface area contributed by atoms with Gasteiger partial charge in [0, 0.05) is 37.7 Å². The number of hydrogen-bond donors (Lipinski definition) is 8. The molecule has 0 aliphatic carbocycles. The number of hydrogen-bond acceptors (Lipinski definition) is 9. The SMILES string of the molecule is CC(C)(C)OC(=O)/N=C(/NCC(CNC(NC(=O)O)NC(=O)O)c1cnn2c1NCCC2)NC(=O)OC(C)(C)C. The Kier molecular flexibility index (Phi) is 10.9. The fraction of sp³-hybridized carbons (Fsp3) is 0.652. The van der Waals surface area contributed by atoms with Gasteiger partial charge < -0.3 is 30.3 Å². The van der Waals surface area contributed by atoms with Crippen LogP contribution in [0.2, 0.25) is 0 Å². The van der Waals surface area contributed by atoms with Crippen LogP contribution in [0.25, 0.3) is 0 Å². The molecule has 0 fully saturated rings. The zero-order valence-electron chi connectivity index (χ0n) is 23.5. The molecule has 17 nitrogen and oxygen atoms in total. The summed E-state index contributed by atoms with van der Waals surface area (Å²) in [5.74, 6) is -0.00167. The normalized spacial score (nSPS) is 14.3. The summed E-state index contributed by atoms with van der Waals surface area (Å²) in [7, 11) is 0. The second-order valence-electron chi connectivity index (χ2n) is 10.8. The molecule has 1 aromatic heterocycles. The first-order chi connectivity index (χ1) is 18.5. The van der Waals surface area contributed by atoms with Crippen molar-refractivity contribution in [1.29, 1.82) is 0 Å². The molecule has 0 saturated carbocycles. The van der Waals surface area contributed by atoms with E-state index >= 15 is 0 Å². The fourth-order valence-electron chi connectivity index (χ4n) is 3.54. The lowest BCUT2D eigenvalue weighted by molar-refractivity contribution is 0.0560. The molecule has 2 rings (SSSR count). The van der Waals surface area contributed by atoms with Crippen LogP contribution >= 0.6 is 0 Å². The van der Waals surface area contributed by atoms with E-state index in [0.29, 0.717) is 13.1 Å². The highest BCUT2D eigenvalue weighted by Crippen LogP contribution is 2.26. The van der Waals surface area contributed by atoms with E-state index in [0.717, 1.165) is 17.8 Å². The summed E-state index contributed by atoms with van der Waals surface area (Å²) < 4.78 is 12.3. The average molecular weight is 570 g/mol. The van der Waals surface area contributed by atoms with Gasteiger partial charge in [-0.3, -0.25) is 21.3 Å². The van der Waals surface area contributed by atoms with E-state index in [9.17, 15) is 19.2 Å². The Balaban J connectivity index is 2.31. The lowest BCUT2D eigenvalue weighted by atomic mass is 10.0. The van der Waals surface area contributed by atoms with Gasteiger partial charge in [0.05, 0.1) is 6.20 Å². The molecule has 1 aliphatic rings. The molecule has 0 spiro atoms. The number of aryl methyl sites for hydroxylation is 1. The van der Waals surface area contributed by atoms with Crippen molar-refractivity contribution in [2.75, 3.05) is 25.0 Å². The van der Waals surface area contributed by atoms with Gasteiger partial charge in [-0.25, -0.2) is 23.9 Å². The Morgan fingerprint density at radius 3 is 2.25 bits per heavy atom. The number of guanidine groups is 1. The van der Waals surface area contributed by atoms with Crippen molar-refractivity contribution in [2.24, 2.45) is 4.99 Å². The number of rotatable bonds is 8. The van der Waals surface area contributed by atoms with Crippen LogP contribution in [0, 0.1) is 0 Å². The van der Waals surface area contributed by atoms with E-state index in [1.807, 2.05) is 10.6 Å². The smallest absolute Gasteiger partial charge is 0.437 e. The quantitative estimate of drug-likeness (QED) is 0.127. The van der Waals surface area contributed by atoms with Gasteiger partial charge in [0.15, 0.2) is 6.29 Å². The zero-order valence-corrected chi connectivity index (χ0v) is 23.5. The molecule has 40 heavy (non-hydrogen) atoms. The van der Waals surface area contributed by atoms with Gasteiger partial charge in [0.25, 0.3) is 0 Å². The first kappa shape index (κ1) is 31.9. The van der Waals surface area contributed by atoms with Crippen LogP contribution in [0.15, 0.2) is 11.2 Å². The molecule has 0 aromatic carbocycles.